The minimum Gasteiger partial charge on any atom is -0.489 e. The van der Waals surface area contributed by atoms with Crippen LogP contribution in [0, 0.1) is 6.92 Å². The SMILES string of the molecule is Cc1c(C(C)(C)CO)cc(Br)c2c1OCCCO2. The molecule has 0 saturated carbocycles. The largest absolute Gasteiger partial charge is 0.489 e. The van der Waals surface area contributed by atoms with Gasteiger partial charge in [0, 0.05) is 11.8 Å². The predicted octanol–water partition coefficient (Wildman–Crippen LogP) is 3.19. The van der Waals surface area contributed by atoms with E-state index in [4.69, 9.17) is 9.47 Å². The van der Waals surface area contributed by atoms with Crippen LogP contribution in [0.5, 0.6) is 11.5 Å². The number of fused-ring (bicyclic) bond motifs is 1. The highest BCUT2D eigenvalue weighted by molar-refractivity contribution is 9.10. The first kappa shape index (κ1) is 13.7. The number of hydrogen-bond donors (Lipinski definition) is 1. The summed E-state index contributed by atoms with van der Waals surface area (Å²) in [6.45, 7) is 7.50. The van der Waals surface area contributed by atoms with Crippen LogP contribution in [0.15, 0.2) is 10.5 Å². The highest BCUT2D eigenvalue weighted by Crippen LogP contribution is 2.44. The van der Waals surface area contributed by atoms with Gasteiger partial charge in [-0.2, -0.15) is 0 Å². The Hall–Kier alpha value is -0.740. The first-order valence-corrected chi connectivity index (χ1v) is 6.96. The Labute approximate surface area is 116 Å². The highest BCUT2D eigenvalue weighted by atomic mass is 79.9. The van der Waals surface area contributed by atoms with Gasteiger partial charge in [0.05, 0.1) is 24.3 Å². The fraction of sp³-hybridized carbons (Fsp3) is 0.571. The van der Waals surface area contributed by atoms with Gasteiger partial charge in [-0.05, 0) is 40.0 Å². The van der Waals surface area contributed by atoms with Gasteiger partial charge in [0.25, 0.3) is 0 Å². The van der Waals surface area contributed by atoms with Crippen LogP contribution in [0.2, 0.25) is 0 Å². The number of hydrogen-bond acceptors (Lipinski definition) is 3. The fourth-order valence-corrected chi connectivity index (χ4v) is 2.73. The molecule has 0 atom stereocenters. The standard InChI is InChI=1S/C14H19BrO3/c1-9-10(14(2,3)8-16)7-11(15)13-12(9)17-5-4-6-18-13/h7,16H,4-6,8H2,1-3H3. The number of benzene rings is 1. The van der Waals surface area contributed by atoms with E-state index in [0.717, 1.165) is 33.5 Å². The Balaban J connectivity index is 2.59. The van der Waals surface area contributed by atoms with Crippen LogP contribution in [-0.2, 0) is 5.41 Å². The first-order chi connectivity index (χ1) is 8.47. The second-order valence-electron chi connectivity index (χ2n) is 5.28. The Bertz CT molecular complexity index is 455. The van der Waals surface area contributed by atoms with Crippen LogP contribution in [0.1, 0.15) is 31.4 Å². The molecule has 18 heavy (non-hydrogen) atoms. The zero-order chi connectivity index (χ0) is 13.3. The third-order valence-corrected chi connectivity index (χ3v) is 3.93. The lowest BCUT2D eigenvalue weighted by atomic mass is 9.82. The van der Waals surface area contributed by atoms with Crippen molar-refractivity contribution in [2.45, 2.75) is 32.6 Å². The maximum atomic E-state index is 9.54. The van der Waals surface area contributed by atoms with Gasteiger partial charge >= 0.3 is 0 Å². The van der Waals surface area contributed by atoms with E-state index in [9.17, 15) is 5.11 Å². The third-order valence-electron chi connectivity index (χ3n) is 3.34. The first-order valence-electron chi connectivity index (χ1n) is 6.17. The molecule has 0 spiro atoms. The lowest BCUT2D eigenvalue weighted by Crippen LogP contribution is -2.23. The predicted molar refractivity (Wildman–Crippen MR) is 74.6 cm³/mol. The Morgan fingerprint density at radius 2 is 1.89 bits per heavy atom. The van der Waals surface area contributed by atoms with Crippen LogP contribution in [-0.4, -0.2) is 24.9 Å². The number of aliphatic hydroxyl groups is 1. The van der Waals surface area contributed by atoms with Gasteiger partial charge < -0.3 is 14.6 Å². The molecule has 1 aromatic carbocycles. The van der Waals surface area contributed by atoms with Gasteiger partial charge in [-0.1, -0.05) is 13.8 Å². The zero-order valence-corrected chi connectivity index (χ0v) is 12.6. The normalized spacial score (nSPS) is 15.4. The number of ether oxygens (including phenoxy) is 2. The summed E-state index contributed by atoms with van der Waals surface area (Å²) in [5.41, 5.74) is 1.84. The van der Waals surface area contributed by atoms with Crippen molar-refractivity contribution in [3.8, 4) is 11.5 Å². The van der Waals surface area contributed by atoms with Crippen LogP contribution < -0.4 is 9.47 Å². The summed E-state index contributed by atoms with van der Waals surface area (Å²) in [5, 5.41) is 9.54. The van der Waals surface area contributed by atoms with E-state index >= 15 is 0 Å². The summed E-state index contributed by atoms with van der Waals surface area (Å²) in [7, 11) is 0. The molecule has 0 aromatic heterocycles. The van der Waals surface area contributed by atoms with Gasteiger partial charge in [0.2, 0.25) is 0 Å². The van der Waals surface area contributed by atoms with Crippen molar-refractivity contribution in [2.75, 3.05) is 19.8 Å². The molecule has 2 rings (SSSR count). The second kappa shape index (κ2) is 5.10. The van der Waals surface area contributed by atoms with Crippen molar-refractivity contribution < 1.29 is 14.6 Å². The molecule has 0 aliphatic carbocycles. The maximum Gasteiger partial charge on any atom is 0.175 e. The monoisotopic (exact) mass is 314 g/mol. The van der Waals surface area contributed by atoms with E-state index < -0.39 is 0 Å². The Kier molecular flexibility index (Phi) is 3.87. The molecule has 0 unspecified atom stereocenters. The minimum atomic E-state index is -0.294. The Morgan fingerprint density at radius 1 is 1.28 bits per heavy atom. The van der Waals surface area contributed by atoms with Gasteiger partial charge in [0.15, 0.2) is 11.5 Å². The summed E-state index contributed by atoms with van der Waals surface area (Å²) >= 11 is 3.54. The van der Waals surface area contributed by atoms with E-state index in [-0.39, 0.29) is 12.0 Å². The fourth-order valence-electron chi connectivity index (χ4n) is 2.21. The van der Waals surface area contributed by atoms with E-state index in [2.05, 4.69) is 15.9 Å². The van der Waals surface area contributed by atoms with Crippen LogP contribution in [0.3, 0.4) is 0 Å². The lowest BCUT2D eigenvalue weighted by molar-refractivity contribution is 0.217. The van der Waals surface area contributed by atoms with Crippen LogP contribution >= 0.6 is 15.9 Å². The molecular formula is C14H19BrO3. The summed E-state index contributed by atoms with van der Waals surface area (Å²) in [6, 6.07) is 2.03. The van der Waals surface area contributed by atoms with Gasteiger partial charge in [-0.15, -0.1) is 0 Å². The molecule has 4 heteroatoms. The minimum absolute atomic E-state index is 0.0971. The molecule has 1 aliphatic rings. The van der Waals surface area contributed by atoms with E-state index in [0.29, 0.717) is 13.2 Å². The zero-order valence-electron chi connectivity index (χ0n) is 11.0. The van der Waals surface area contributed by atoms with Gasteiger partial charge in [-0.25, -0.2) is 0 Å². The molecule has 1 aromatic rings. The van der Waals surface area contributed by atoms with Crippen molar-refractivity contribution in [1.82, 2.24) is 0 Å². The molecule has 0 saturated heterocycles. The highest BCUT2D eigenvalue weighted by Gasteiger charge is 2.27. The third kappa shape index (κ3) is 2.36. The van der Waals surface area contributed by atoms with E-state index in [1.54, 1.807) is 0 Å². The lowest BCUT2D eigenvalue weighted by Gasteiger charge is -2.27. The van der Waals surface area contributed by atoms with Crippen LogP contribution in [0.4, 0.5) is 0 Å². The molecule has 3 nitrogen and oxygen atoms in total. The van der Waals surface area contributed by atoms with Crippen molar-refractivity contribution in [3.63, 3.8) is 0 Å². The Morgan fingerprint density at radius 3 is 2.50 bits per heavy atom. The molecule has 0 fully saturated rings. The molecule has 1 aliphatic heterocycles. The van der Waals surface area contributed by atoms with E-state index in [1.165, 1.54) is 0 Å². The molecule has 1 N–H and O–H groups in total. The smallest absolute Gasteiger partial charge is 0.175 e. The topological polar surface area (TPSA) is 38.7 Å². The van der Waals surface area contributed by atoms with Crippen molar-refractivity contribution >= 4 is 15.9 Å². The van der Waals surface area contributed by atoms with Crippen molar-refractivity contribution in [3.05, 3.63) is 21.7 Å². The molecule has 100 valence electrons. The summed E-state index contributed by atoms with van der Waals surface area (Å²) in [4.78, 5) is 0. The number of halogens is 1. The maximum absolute atomic E-state index is 9.54. The second-order valence-corrected chi connectivity index (χ2v) is 6.14. The van der Waals surface area contributed by atoms with Crippen LogP contribution in [0.25, 0.3) is 0 Å². The van der Waals surface area contributed by atoms with Gasteiger partial charge in [0.1, 0.15) is 0 Å². The molecule has 1 heterocycles. The summed E-state index contributed by atoms with van der Waals surface area (Å²) in [6.07, 6.45) is 0.888. The number of rotatable bonds is 2. The molecule has 0 bridgehead atoms. The van der Waals surface area contributed by atoms with E-state index in [1.807, 2.05) is 26.8 Å². The average Bonchev–Trinajstić information content (AvgIpc) is 2.59. The molecular weight excluding hydrogens is 296 g/mol. The number of aliphatic hydroxyl groups excluding tert-OH is 1. The summed E-state index contributed by atoms with van der Waals surface area (Å²) < 4.78 is 12.4. The van der Waals surface area contributed by atoms with Crippen molar-refractivity contribution in [2.24, 2.45) is 0 Å². The quantitative estimate of drug-likeness (QED) is 0.911. The molecule has 0 amide bonds. The van der Waals surface area contributed by atoms with Gasteiger partial charge in [-0.3, -0.25) is 0 Å². The summed E-state index contributed by atoms with van der Waals surface area (Å²) in [5.74, 6) is 1.58. The average molecular weight is 315 g/mol. The molecule has 0 radical (unpaired) electrons. The van der Waals surface area contributed by atoms with Crippen molar-refractivity contribution in [1.29, 1.82) is 0 Å².